The van der Waals surface area contributed by atoms with Gasteiger partial charge in [0.2, 0.25) is 0 Å². The molecule has 0 aliphatic heterocycles. The van der Waals surface area contributed by atoms with Gasteiger partial charge in [0.1, 0.15) is 18.5 Å². The Morgan fingerprint density at radius 3 is 2.56 bits per heavy atom. The monoisotopic (exact) mass is 372 g/mol. The van der Waals surface area contributed by atoms with Crippen LogP contribution in [0.5, 0.6) is 5.75 Å². The van der Waals surface area contributed by atoms with E-state index < -0.39 is 6.29 Å². The van der Waals surface area contributed by atoms with E-state index in [4.69, 9.17) is 19.9 Å². The fourth-order valence-electron chi connectivity index (χ4n) is 2.36. The minimum absolute atomic E-state index is 0.185. The number of hydrogen-bond acceptors (Lipinski definition) is 6. The molecule has 27 heavy (non-hydrogen) atoms. The first-order chi connectivity index (χ1) is 13.2. The highest BCUT2D eigenvalue weighted by Crippen LogP contribution is 2.10. The quantitative estimate of drug-likeness (QED) is 0.284. The van der Waals surface area contributed by atoms with E-state index >= 15 is 0 Å². The zero-order chi connectivity index (χ0) is 19.3. The lowest BCUT2D eigenvalue weighted by Gasteiger charge is -2.20. The molecule has 0 saturated carbocycles. The second-order valence-corrected chi connectivity index (χ2v) is 5.97. The van der Waals surface area contributed by atoms with E-state index in [9.17, 15) is 5.11 Å². The van der Waals surface area contributed by atoms with Gasteiger partial charge in [-0.3, -0.25) is 5.32 Å². The van der Waals surface area contributed by atoms with Crippen LogP contribution in [0, 0.1) is 0 Å². The maximum Gasteiger partial charge on any atom is 0.173 e. The molecule has 6 nitrogen and oxygen atoms in total. The predicted molar refractivity (Wildman–Crippen MR) is 105 cm³/mol. The molecular formula is C21H28N2O4. The molecule has 0 aromatic heterocycles. The first-order valence-electron chi connectivity index (χ1n) is 8.91. The van der Waals surface area contributed by atoms with Crippen molar-refractivity contribution in [2.45, 2.75) is 25.5 Å². The Bertz CT molecular complexity index is 666. The van der Waals surface area contributed by atoms with Gasteiger partial charge < -0.3 is 25.1 Å². The number of aliphatic hydroxyl groups is 1. The summed E-state index contributed by atoms with van der Waals surface area (Å²) in [5.41, 5.74) is 7.89. The van der Waals surface area contributed by atoms with E-state index in [-0.39, 0.29) is 12.7 Å². The first kappa shape index (κ1) is 21.1. The molecule has 2 unspecified atom stereocenters. The van der Waals surface area contributed by atoms with Gasteiger partial charge in [-0.05, 0) is 29.3 Å². The standard InChI is InChI=1S/C21H28N2O4/c1-2-21(24)26-15-20(14-25-19-9-4-3-5-10-19)27-16-23-13-18-8-6-7-17(11-18)12-22/h2-11,20-21,23-24H,1,12-16,22H2. The Kier molecular flexibility index (Phi) is 9.54. The molecule has 0 radical (unpaired) electrons. The lowest BCUT2D eigenvalue weighted by atomic mass is 10.1. The summed E-state index contributed by atoms with van der Waals surface area (Å²) in [5.74, 6) is 0.752. The number of para-hydroxylation sites is 1. The average molecular weight is 372 g/mol. The number of ether oxygens (including phenoxy) is 3. The summed E-state index contributed by atoms with van der Waals surface area (Å²) in [4.78, 5) is 0. The van der Waals surface area contributed by atoms with Gasteiger partial charge in [0.25, 0.3) is 0 Å². The van der Waals surface area contributed by atoms with Crippen molar-refractivity contribution in [2.24, 2.45) is 5.73 Å². The van der Waals surface area contributed by atoms with Gasteiger partial charge in [-0.15, -0.1) is 0 Å². The zero-order valence-electron chi connectivity index (χ0n) is 15.4. The van der Waals surface area contributed by atoms with Gasteiger partial charge in [-0.25, -0.2) is 0 Å². The highest BCUT2D eigenvalue weighted by atomic mass is 16.6. The van der Waals surface area contributed by atoms with Crippen LogP contribution in [-0.4, -0.2) is 37.4 Å². The third-order valence-electron chi connectivity index (χ3n) is 3.81. The average Bonchev–Trinajstić information content (AvgIpc) is 2.73. The minimum Gasteiger partial charge on any atom is -0.491 e. The summed E-state index contributed by atoms with van der Waals surface area (Å²) < 4.78 is 16.8. The first-order valence-corrected chi connectivity index (χ1v) is 8.91. The van der Waals surface area contributed by atoms with Crippen molar-refractivity contribution in [1.82, 2.24) is 5.32 Å². The largest absolute Gasteiger partial charge is 0.491 e. The summed E-state index contributed by atoms with van der Waals surface area (Å²) >= 11 is 0. The maximum absolute atomic E-state index is 9.50. The number of nitrogens with one attached hydrogen (secondary N) is 1. The fourth-order valence-corrected chi connectivity index (χ4v) is 2.36. The Hall–Kier alpha value is -2.22. The van der Waals surface area contributed by atoms with E-state index in [2.05, 4.69) is 18.0 Å². The van der Waals surface area contributed by atoms with E-state index in [0.29, 0.717) is 26.4 Å². The number of nitrogens with two attached hydrogens (primary N) is 1. The van der Waals surface area contributed by atoms with Gasteiger partial charge in [0.05, 0.1) is 13.3 Å². The molecule has 2 atom stereocenters. The Morgan fingerprint density at radius 2 is 1.81 bits per heavy atom. The minimum atomic E-state index is -1.03. The second kappa shape index (κ2) is 12.2. The van der Waals surface area contributed by atoms with Crippen molar-refractivity contribution in [3.05, 3.63) is 78.4 Å². The van der Waals surface area contributed by atoms with Crippen molar-refractivity contribution < 1.29 is 19.3 Å². The van der Waals surface area contributed by atoms with Crippen LogP contribution < -0.4 is 15.8 Å². The number of hydrogen-bond donors (Lipinski definition) is 3. The fraction of sp³-hybridized carbons (Fsp3) is 0.333. The molecule has 0 aliphatic rings. The molecule has 0 spiro atoms. The van der Waals surface area contributed by atoms with Gasteiger partial charge in [-0.1, -0.05) is 49.0 Å². The van der Waals surface area contributed by atoms with Crippen LogP contribution in [0.3, 0.4) is 0 Å². The summed E-state index contributed by atoms with van der Waals surface area (Å²) in [6, 6.07) is 17.6. The zero-order valence-corrected chi connectivity index (χ0v) is 15.4. The predicted octanol–water partition coefficient (Wildman–Crippen LogP) is 2.18. The Morgan fingerprint density at radius 1 is 1.04 bits per heavy atom. The van der Waals surface area contributed by atoms with Gasteiger partial charge in [-0.2, -0.15) is 0 Å². The molecule has 146 valence electrons. The molecular weight excluding hydrogens is 344 g/mol. The summed E-state index contributed by atoms with van der Waals surface area (Å²) in [6.07, 6.45) is -0.0555. The van der Waals surface area contributed by atoms with Crippen LogP contribution in [0.25, 0.3) is 0 Å². The van der Waals surface area contributed by atoms with Crippen LogP contribution in [0.4, 0.5) is 0 Å². The van der Waals surface area contributed by atoms with E-state index in [0.717, 1.165) is 16.9 Å². The molecule has 0 bridgehead atoms. The van der Waals surface area contributed by atoms with Gasteiger partial charge in [0, 0.05) is 13.1 Å². The molecule has 2 aromatic rings. The SMILES string of the molecule is C=CC(O)OCC(COc1ccccc1)OCNCc1cccc(CN)c1. The van der Waals surface area contributed by atoms with Crippen LogP contribution in [0.2, 0.25) is 0 Å². The smallest absolute Gasteiger partial charge is 0.173 e. The summed E-state index contributed by atoms with van der Waals surface area (Å²) in [7, 11) is 0. The van der Waals surface area contributed by atoms with Crippen LogP contribution in [0.15, 0.2) is 67.3 Å². The van der Waals surface area contributed by atoms with Crippen molar-refractivity contribution in [3.8, 4) is 5.75 Å². The lowest BCUT2D eigenvalue weighted by Crippen LogP contribution is -2.32. The molecule has 4 N–H and O–H groups in total. The van der Waals surface area contributed by atoms with E-state index in [1.54, 1.807) is 0 Å². The second-order valence-electron chi connectivity index (χ2n) is 5.97. The molecule has 0 fully saturated rings. The lowest BCUT2D eigenvalue weighted by molar-refractivity contribution is -0.114. The van der Waals surface area contributed by atoms with E-state index in [1.807, 2.05) is 48.5 Å². The van der Waals surface area contributed by atoms with Crippen molar-refractivity contribution in [3.63, 3.8) is 0 Å². The topological polar surface area (TPSA) is 86.0 Å². The van der Waals surface area contributed by atoms with Crippen molar-refractivity contribution in [2.75, 3.05) is 19.9 Å². The van der Waals surface area contributed by atoms with Crippen molar-refractivity contribution >= 4 is 0 Å². The van der Waals surface area contributed by atoms with Crippen LogP contribution >= 0.6 is 0 Å². The third-order valence-corrected chi connectivity index (χ3v) is 3.81. The Labute approximate surface area is 160 Å². The van der Waals surface area contributed by atoms with Gasteiger partial charge >= 0.3 is 0 Å². The third kappa shape index (κ3) is 8.34. The van der Waals surface area contributed by atoms with E-state index in [1.165, 1.54) is 6.08 Å². The van der Waals surface area contributed by atoms with Gasteiger partial charge in [0.15, 0.2) is 6.29 Å². The Balaban J connectivity index is 1.78. The number of rotatable bonds is 13. The van der Waals surface area contributed by atoms with Crippen molar-refractivity contribution in [1.29, 1.82) is 0 Å². The molecule has 0 saturated heterocycles. The molecule has 2 aromatic carbocycles. The van der Waals surface area contributed by atoms with Crippen LogP contribution in [-0.2, 0) is 22.6 Å². The maximum atomic E-state index is 9.50. The molecule has 0 aliphatic carbocycles. The molecule has 6 heteroatoms. The number of benzene rings is 2. The molecule has 2 rings (SSSR count). The highest BCUT2D eigenvalue weighted by Gasteiger charge is 2.13. The molecule has 0 amide bonds. The number of aliphatic hydroxyl groups excluding tert-OH is 1. The molecule has 0 heterocycles. The summed E-state index contributed by atoms with van der Waals surface area (Å²) in [5, 5.41) is 12.7. The summed E-state index contributed by atoms with van der Waals surface area (Å²) in [6.45, 7) is 5.48. The highest BCUT2D eigenvalue weighted by molar-refractivity contribution is 5.23. The normalized spacial score (nSPS) is 13.1. The van der Waals surface area contributed by atoms with Crippen LogP contribution in [0.1, 0.15) is 11.1 Å².